The third-order valence-electron chi connectivity index (χ3n) is 4.60. The predicted octanol–water partition coefficient (Wildman–Crippen LogP) is 2.63. The number of nitrogens with one attached hydrogen (secondary N) is 1. The molecule has 0 spiro atoms. The van der Waals surface area contributed by atoms with Crippen LogP contribution in [0.25, 0.3) is 0 Å². The lowest BCUT2D eigenvalue weighted by molar-refractivity contribution is -0.115. The molecule has 2 aromatic rings. The average molecular weight is 342 g/mol. The molecule has 2 heterocycles. The Morgan fingerprint density at radius 3 is 2.75 bits per heavy atom. The van der Waals surface area contributed by atoms with Gasteiger partial charge in [0.15, 0.2) is 0 Å². The fraction of sp³-hybridized carbons (Fsp3) is 0.278. The maximum Gasteiger partial charge on any atom is 0.264 e. The summed E-state index contributed by atoms with van der Waals surface area (Å²) in [4.78, 5) is 11.7. The van der Waals surface area contributed by atoms with Gasteiger partial charge in [0.2, 0.25) is 5.91 Å². The Balaban J connectivity index is 1.77. The summed E-state index contributed by atoms with van der Waals surface area (Å²) in [5.41, 5.74) is 4.41. The summed E-state index contributed by atoms with van der Waals surface area (Å²) < 4.78 is 27.8. The van der Waals surface area contributed by atoms with Crippen molar-refractivity contribution in [3.05, 3.63) is 53.1 Å². The third kappa shape index (κ3) is 2.38. The van der Waals surface area contributed by atoms with E-state index in [4.69, 9.17) is 0 Å². The van der Waals surface area contributed by atoms with Crippen LogP contribution < -0.4 is 9.62 Å². The van der Waals surface area contributed by atoms with Gasteiger partial charge in [0, 0.05) is 12.2 Å². The monoisotopic (exact) mass is 342 g/mol. The van der Waals surface area contributed by atoms with Crippen LogP contribution in [0, 0.1) is 6.92 Å². The Kier molecular flexibility index (Phi) is 3.38. The second kappa shape index (κ2) is 5.34. The Morgan fingerprint density at radius 1 is 1.08 bits per heavy atom. The molecule has 5 nitrogen and oxygen atoms in total. The first kappa shape index (κ1) is 15.2. The molecule has 1 N–H and O–H groups in total. The number of hydrogen-bond acceptors (Lipinski definition) is 3. The minimum Gasteiger partial charge on any atom is -0.326 e. The minimum atomic E-state index is -3.63. The molecular weight excluding hydrogens is 324 g/mol. The summed E-state index contributed by atoms with van der Waals surface area (Å²) in [5, 5.41) is 2.73. The number of carbonyl (C=O) groups is 1. The summed E-state index contributed by atoms with van der Waals surface area (Å²) in [6.07, 6.45) is 1.93. The molecule has 0 atom stereocenters. The van der Waals surface area contributed by atoms with E-state index in [1.54, 1.807) is 18.2 Å². The lowest BCUT2D eigenvalue weighted by atomic mass is 10.0. The number of rotatable bonds is 2. The summed E-state index contributed by atoms with van der Waals surface area (Å²) in [6, 6.07) is 10.8. The van der Waals surface area contributed by atoms with Gasteiger partial charge in [-0.05, 0) is 55.2 Å². The third-order valence-corrected chi connectivity index (χ3v) is 6.41. The fourth-order valence-electron chi connectivity index (χ4n) is 3.43. The van der Waals surface area contributed by atoms with E-state index in [2.05, 4.69) is 11.4 Å². The number of hydrogen-bond donors (Lipinski definition) is 1. The van der Waals surface area contributed by atoms with Crippen LogP contribution in [0.3, 0.4) is 0 Å². The SMILES string of the molecule is Cc1ccc2c(c1)CCCN2S(=O)(=O)c1ccc2c(c1)CC(=O)N2. The number of anilines is 2. The van der Waals surface area contributed by atoms with E-state index >= 15 is 0 Å². The van der Waals surface area contributed by atoms with Gasteiger partial charge in [-0.25, -0.2) is 8.42 Å². The molecule has 0 aliphatic carbocycles. The van der Waals surface area contributed by atoms with Gasteiger partial charge in [-0.3, -0.25) is 9.10 Å². The zero-order valence-corrected chi connectivity index (χ0v) is 14.2. The zero-order valence-electron chi connectivity index (χ0n) is 13.4. The van der Waals surface area contributed by atoms with Gasteiger partial charge in [0.1, 0.15) is 0 Å². The number of nitrogens with zero attached hydrogens (tertiary/aromatic N) is 1. The first-order chi connectivity index (χ1) is 11.4. The molecule has 2 aromatic carbocycles. The molecule has 0 saturated carbocycles. The van der Waals surface area contributed by atoms with Crippen molar-refractivity contribution in [2.45, 2.75) is 31.1 Å². The molecule has 2 aliphatic heterocycles. The summed E-state index contributed by atoms with van der Waals surface area (Å²) in [5.74, 6) is -0.0988. The van der Waals surface area contributed by atoms with Crippen molar-refractivity contribution < 1.29 is 13.2 Å². The van der Waals surface area contributed by atoms with Crippen LogP contribution in [0.4, 0.5) is 11.4 Å². The Bertz CT molecular complexity index is 951. The lowest BCUT2D eigenvalue weighted by Gasteiger charge is -2.30. The van der Waals surface area contributed by atoms with E-state index in [0.717, 1.165) is 35.2 Å². The molecule has 0 aromatic heterocycles. The number of benzene rings is 2. The molecule has 2 aliphatic rings. The van der Waals surface area contributed by atoms with Gasteiger partial charge in [-0.15, -0.1) is 0 Å². The number of carbonyl (C=O) groups excluding carboxylic acids is 1. The van der Waals surface area contributed by atoms with Gasteiger partial charge in [-0.1, -0.05) is 17.7 Å². The molecule has 4 rings (SSSR count). The van der Waals surface area contributed by atoms with E-state index in [0.29, 0.717) is 12.2 Å². The standard InChI is InChI=1S/C18H18N2O3S/c1-12-4-7-17-13(9-12)3-2-8-20(17)24(22,23)15-5-6-16-14(10-15)11-18(21)19-16/h4-7,9-10H,2-3,8,11H2,1H3,(H,19,21). The van der Waals surface area contributed by atoms with Crippen molar-refractivity contribution >= 4 is 27.3 Å². The largest absolute Gasteiger partial charge is 0.326 e. The van der Waals surface area contributed by atoms with Crippen molar-refractivity contribution in [3.8, 4) is 0 Å². The van der Waals surface area contributed by atoms with Crippen LogP contribution in [0.1, 0.15) is 23.1 Å². The van der Waals surface area contributed by atoms with E-state index in [1.165, 1.54) is 4.31 Å². The van der Waals surface area contributed by atoms with E-state index in [-0.39, 0.29) is 17.2 Å². The highest BCUT2D eigenvalue weighted by Gasteiger charge is 2.30. The number of fused-ring (bicyclic) bond motifs is 2. The topological polar surface area (TPSA) is 66.5 Å². The fourth-order valence-corrected chi connectivity index (χ4v) is 5.03. The predicted molar refractivity (Wildman–Crippen MR) is 92.8 cm³/mol. The average Bonchev–Trinajstić information content (AvgIpc) is 2.93. The van der Waals surface area contributed by atoms with Crippen LogP contribution in [0.5, 0.6) is 0 Å². The van der Waals surface area contributed by atoms with Crippen molar-refractivity contribution in [1.82, 2.24) is 0 Å². The lowest BCUT2D eigenvalue weighted by Crippen LogP contribution is -2.35. The maximum absolute atomic E-state index is 13.1. The highest BCUT2D eigenvalue weighted by Crippen LogP contribution is 2.34. The number of sulfonamides is 1. The molecule has 6 heteroatoms. The van der Waals surface area contributed by atoms with Crippen LogP contribution in [-0.2, 0) is 27.7 Å². The van der Waals surface area contributed by atoms with Crippen LogP contribution in [0.2, 0.25) is 0 Å². The summed E-state index contributed by atoms with van der Waals surface area (Å²) in [7, 11) is -3.63. The van der Waals surface area contributed by atoms with Crippen molar-refractivity contribution in [2.24, 2.45) is 0 Å². The normalized spacial score (nSPS) is 16.5. The first-order valence-corrected chi connectivity index (χ1v) is 9.44. The molecule has 24 heavy (non-hydrogen) atoms. The Hall–Kier alpha value is -2.34. The van der Waals surface area contributed by atoms with E-state index in [1.807, 2.05) is 19.1 Å². The maximum atomic E-state index is 13.1. The van der Waals surface area contributed by atoms with Gasteiger partial charge in [-0.2, -0.15) is 0 Å². The highest BCUT2D eigenvalue weighted by molar-refractivity contribution is 7.92. The Labute approximate surface area is 141 Å². The molecule has 0 radical (unpaired) electrons. The quantitative estimate of drug-likeness (QED) is 0.912. The second-order valence-corrected chi connectivity index (χ2v) is 8.22. The van der Waals surface area contributed by atoms with Gasteiger partial charge >= 0.3 is 0 Å². The zero-order chi connectivity index (χ0) is 16.9. The molecule has 0 saturated heterocycles. The molecular formula is C18H18N2O3S. The number of amides is 1. The van der Waals surface area contributed by atoms with Crippen LogP contribution >= 0.6 is 0 Å². The molecule has 124 valence electrons. The van der Waals surface area contributed by atoms with Gasteiger partial charge < -0.3 is 5.32 Å². The summed E-state index contributed by atoms with van der Waals surface area (Å²) in [6.45, 7) is 2.49. The molecule has 0 unspecified atom stereocenters. The smallest absolute Gasteiger partial charge is 0.264 e. The number of aryl methyl sites for hydroxylation is 2. The van der Waals surface area contributed by atoms with Crippen LogP contribution in [0.15, 0.2) is 41.3 Å². The van der Waals surface area contributed by atoms with E-state index in [9.17, 15) is 13.2 Å². The summed E-state index contributed by atoms with van der Waals surface area (Å²) >= 11 is 0. The molecule has 1 amide bonds. The van der Waals surface area contributed by atoms with Gasteiger partial charge in [0.05, 0.1) is 17.0 Å². The van der Waals surface area contributed by atoms with Crippen LogP contribution in [-0.4, -0.2) is 20.9 Å². The molecule has 0 fully saturated rings. The second-order valence-electron chi connectivity index (χ2n) is 6.36. The molecule has 0 bridgehead atoms. The van der Waals surface area contributed by atoms with Crippen molar-refractivity contribution in [1.29, 1.82) is 0 Å². The van der Waals surface area contributed by atoms with Crippen molar-refractivity contribution in [3.63, 3.8) is 0 Å². The minimum absolute atomic E-state index is 0.0988. The first-order valence-electron chi connectivity index (χ1n) is 8.00. The van der Waals surface area contributed by atoms with Gasteiger partial charge in [0.25, 0.3) is 10.0 Å². The van der Waals surface area contributed by atoms with E-state index < -0.39 is 10.0 Å². The highest BCUT2D eigenvalue weighted by atomic mass is 32.2. The Morgan fingerprint density at radius 2 is 1.92 bits per heavy atom. The van der Waals surface area contributed by atoms with Crippen molar-refractivity contribution in [2.75, 3.05) is 16.2 Å².